The summed E-state index contributed by atoms with van der Waals surface area (Å²) in [7, 11) is 0. The van der Waals surface area contributed by atoms with Crippen molar-refractivity contribution in [3.8, 4) is 0 Å². The number of aliphatic hydroxyl groups is 3. The average molecular weight is 1620 g/mol. The normalized spacial score (nSPS) is 42.9. The topological polar surface area (TPSA) is 209 Å². The van der Waals surface area contributed by atoms with E-state index in [9.17, 15) is 69.2 Å². The van der Waals surface area contributed by atoms with E-state index in [1.165, 1.54) is 57.8 Å². The first-order valence-corrected chi connectivity index (χ1v) is 40.2. The Morgan fingerprint density at radius 3 is 1.08 bits per heavy atom. The van der Waals surface area contributed by atoms with E-state index in [-0.39, 0.29) is 176 Å². The first-order chi connectivity index (χ1) is 48.6. The van der Waals surface area contributed by atoms with E-state index in [1.807, 2.05) is 20.8 Å². The molecule has 26 heteroatoms. The third-order valence-electron chi connectivity index (χ3n) is 30.5. The van der Waals surface area contributed by atoms with Crippen molar-refractivity contribution in [2.45, 2.75) is 265 Å². The predicted octanol–water partition coefficient (Wildman–Crippen LogP) is 10.8. The van der Waals surface area contributed by atoms with Gasteiger partial charge in [-0.15, -0.1) is 0 Å². The Balaban J connectivity index is 0.000000185. The third kappa shape index (κ3) is 18.9. The van der Waals surface area contributed by atoms with Gasteiger partial charge in [0.25, 0.3) is 6.47 Å². The van der Waals surface area contributed by atoms with Crippen molar-refractivity contribution in [2.24, 2.45) is 146 Å². The van der Waals surface area contributed by atoms with Crippen LogP contribution >= 0.6 is 15.9 Å². The van der Waals surface area contributed by atoms with Gasteiger partial charge in [0.05, 0.1) is 70.9 Å². The molecule has 3 N–H and O–H groups in total. The SMILES string of the molecule is C[C@@H]1C[C@H](C(=O)CBr)[C@@]2(C)CC[C@H]3[C@@H](CC[C@@H]4C[C@](C)(O)CC[C@@H]43)[C@H]12.C[C@@H]1C[C@H](C(=O)Cn2cc(C(F)(F)F)cn2)[C@@]2(C)CC[C@H]3[C@@H](CC[C@@H]4C[C@](C)(O)CC[C@@H]43)[C@H]12.C[C@@H]1C[C@H](C(=O)Cn2cc(C(F)(F)F)cn2)[C@@]2(C)CC[C@H]3[C@@H](CC[C@@H]4C[C@](C)(O)CC[C@@H]43)[C@H]12.FC(F)(F)C1=CCN=C1.O=CO[O-].[H-].[K+].[K+]. The van der Waals surface area contributed by atoms with Crippen molar-refractivity contribution < 1.29 is 188 Å². The maximum absolute atomic E-state index is 13.4. The molecule has 0 spiro atoms. The van der Waals surface area contributed by atoms with Crippen LogP contribution in [0.1, 0.15) is 229 Å². The van der Waals surface area contributed by atoms with Crippen LogP contribution < -0.4 is 108 Å². The van der Waals surface area contributed by atoms with Gasteiger partial charge in [-0.3, -0.25) is 33.5 Å². The molecule has 12 aliphatic carbocycles. The summed E-state index contributed by atoms with van der Waals surface area (Å²) < 4.78 is 115. The predicted molar refractivity (Wildman–Crippen MR) is 376 cm³/mol. The van der Waals surface area contributed by atoms with Crippen molar-refractivity contribution in [1.82, 2.24) is 19.6 Å². The van der Waals surface area contributed by atoms with Crippen molar-refractivity contribution in [1.29, 1.82) is 0 Å². The third-order valence-corrected chi connectivity index (χ3v) is 31.1. The number of halogens is 10. The van der Waals surface area contributed by atoms with Gasteiger partial charge < -0.3 is 26.9 Å². The number of aliphatic imine (C=N–C) groups is 1. The fourth-order valence-electron chi connectivity index (χ4n) is 26.7. The largest absolute Gasteiger partial charge is 1.00 e. The molecule has 12 fully saturated rings. The van der Waals surface area contributed by atoms with Gasteiger partial charge in [0, 0.05) is 36.4 Å². The fourth-order valence-corrected chi connectivity index (χ4v) is 27.1. The standard InChI is InChI=1S/2C26H37F3N2O2.C22H35BrO2.C5H4F3N.CH2O3.2K.H/c2*1-15-10-21(22(32)14-31-13-17(12-30-31)26(27,28)29)25(3)9-7-19-18-6-8-24(2,33)11-16(18)4-5-20(19)23(15)25;1-13-10-18(19(24)12-23)22(3)9-7-16-15-6-8-21(2,25)11-14(15)4-5-17(16)20(13)22;6-5(7,8)4-1-2-9-3-4;2-1-4-3;;;/h2*12-13,15-16,18-21,23,33H,4-11,14H2,1-3H3;13-18,20,25H,4-12H2,1-3H3;1,3H,2H2;1,3H;;;/q;;;;;2*+1;-1/p-1/t2*15-,16-,18+,19-,20-,21-,23+,24-,25-;13-,14-,15+,16-,17-,18-,20+,21-,22-;;;;;/m111...../s1. The molecule has 15 rings (SSSR count). The average Bonchev–Trinajstić information content (AvgIpc) is 1.59. The number of aromatic nitrogens is 4. The number of nitrogens with zero attached hydrogens (tertiary/aromatic N) is 5. The molecule has 27 atom stereocenters. The number of carbonyl (C=O) groups is 4. The Kier molecular flexibility index (Phi) is 29.1. The number of alkyl halides is 10. The number of Topliss-reactive ketones (excluding diaryl/α,β-unsaturated/α-hetero) is 3. The van der Waals surface area contributed by atoms with Gasteiger partial charge in [0.15, 0.2) is 11.6 Å². The van der Waals surface area contributed by atoms with Gasteiger partial charge in [-0.05, 0) is 304 Å². The zero-order chi connectivity index (χ0) is 75.8. The molecule has 0 amide bonds. The van der Waals surface area contributed by atoms with Crippen LogP contribution in [0.3, 0.4) is 0 Å². The molecule has 1 aliphatic heterocycles. The number of hydrogen-bond donors (Lipinski definition) is 3. The molecule has 12 saturated carbocycles. The van der Waals surface area contributed by atoms with Crippen molar-refractivity contribution >= 4 is 46.0 Å². The maximum Gasteiger partial charge on any atom is 1.00 e. The minimum absolute atomic E-state index is 0. The molecule has 0 unspecified atom stereocenters. The summed E-state index contributed by atoms with van der Waals surface area (Å²) in [4.78, 5) is 54.0. The smallest absolute Gasteiger partial charge is 1.00 e. The second-order valence-corrected chi connectivity index (χ2v) is 37.5. The van der Waals surface area contributed by atoms with Crippen LogP contribution in [0.25, 0.3) is 0 Å². The van der Waals surface area contributed by atoms with Crippen LogP contribution in [-0.4, -0.2) is 99.8 Å². The first-order valence-electron chi connectivity index (χ1n) is 39.1. The molecule has 2 aromatic heterocycles. The first kappa shape index (κ1) is 89.2. The molecule has 0 bridgehead atoms. The van der Waals surface area contributed by atoms with E-state index in [1.54, 1.807) is 0 Å². The molecule has 0 saturated heterocycles. The number of ketones is 3. The molecule has 13 aliphatic rings. The second-order valence-electron chi connectivity index (χ2n) is 36.9. The van der Waals surface area contributed by atoms with Gasteiger partial charge in [-0.2, -0.15) is 49.7 Å². The Bertz CT molecular complexity index is 3300. The summed E-state index contributed by atoms with van der Waals surface area (Å²) in [5.74, 6) is 12.4. The van der Waals surface area contributed by atoms with E-state index in [4.69, 9.17) is 10.1 Å². The van der Waals surface area contributed by atoms with Crippen LogP contribution in [0.5, 0.6) is 0 Å². The molecule has 14 nitrogen and oxygen atoms in total. The number of allylic oxidation sites excluding steroid dienone is 1. The molecule has 0 aromatic carbocycles. The molecule has 106 heavy (non-hydrogen) atoms. The van der Waals surface area contributed by atoms with Crippen molar-refractivity contribution in [2.75, 3.05) is 11.9 Å². The Morgan fingerprint density at radius 1 is 0.519 bits per heavy atom. The molecular weight excluding hydrogens is 1500 g/mol. The Morgan fingerprint density at radius 2 is 0.830 bits per heavy atom. The van der Waals surface area contributed by atoms with E-state index < -0.39 is 52.0 Å². The van der Waals surface area contributed by atoms with E-state index >= 15 is 0 Å². The zero-order valence-corrected chi connectivity index (χ0v) is 72.1. The minimum atomic E-state index is -4.44. The summed E-state index contributed by atoms with van der Waals surface area (Å²) in [6.07, 6.45) is 18.4. The van der Waals surface area contributed by atoms with Crippen molar-refractivity contribution in [3.63, 3.8) is 0 Å². The summed E-state index contributed by atoms with van der Waals surface area (Å²) >= 11 is 3.44. The molecule has 0 radical (unpaired) electrons. The van der Waals surface area contributed by atoms with E-state index in [0.717, 1.165) is 172 Å². The second kappa shape index (κ2) is 34.6. The van der Waals surface area contributed by atoms with Gasteiger partial charge in [-0.1, -0.05) is 57.5 Å². The van der Waals surface area contributed by atoms with Crippen LogP contribution in [-0.2, 0) is 49.5 Å². The van der Waals surface area contributed by atoms with Gasteiger partial charge in [0.2, 0.25) is 0 Å². The van der Waals surface area contributed by atoms with Gasteiger partial charge in [0.1, 0.15) is 5.78 Å². The monoisotopic (exact) mass is 1620 g/mol. The number of rotatable bonds is 9. The van der Waals surface area contributed by atoms with Crippen LogP contribution in [0.15, 0.2) is 41.4 Å². The Labute approximate surface area is 715 Å². The van der Waals surface area contributed by atoms with Gasteiger partial charge >= 0.3 is 121 Å². The molecule has 2 aromatic rings. The van der Waals surface area contributed by atoms with E-state index in [0.29, 0.717) is 88.0 Å². The molecular formula is C80H115BrF9K2N5O9. The zero-order valence-electron chi connectivity index (χ0n) is 65.3. The minimum Gasteiger partial charge on any atom is -1.00 e. The number of fused-ring (bicyclic) bond motifs is 15. The quantitative estimate of drug-likeness (QED) is 0.0537. The van der Waals surface area contributed by atoms with Gasteiger partial charge in [-0.25, -0.2) is 0 Å². The molecule has 3 heterocycles. The Hall–Kier alpha value is -0.727. The maximum atomic E-state index is 13.4. The summed E-state index contributed by atoms with van der Waals surface area (Å²) in [5, 5.41) is 48.3. The summed E-state index contributed by atoms with van der Waals surface area (Å²) in [6.45, 7) is 19.8. The van der Waals surface area contributed by atoms with Crippen molar-refractivity contribution in [3.05, 3.63) is 47.6 Å². The van der Waals surface area contributed by atoms with Crippen LogP contribution in [0.4, 0.5) is 39.5 Å². The van der Waals surface area contributed by atoms with Crippen LogP contribution in [0, 0.1) is 141 Å². The fraction of sp³-hybridized carbons (Fsp3) is 0.838. The summed E-state index contributed by atoms with van der Waals surface area (Å²) in [6, 6.07) is 0. The molecule has 586 valence electrons. The number of hydrogen-bond acceptors (Lipinski definition) is 12. The number of carbonyl (C=O) groups excluding carboxylic acids is 4. The van der Waals surface area contributed by atoms with Crippen LogP contribution in [0.2, 0.25) is 0 Å². The summed E-state index contributed by atoms with van der Waals surface area (Å²) in [5.41, 5.74) is -3.63. The van der Waals surface area contributed by atoms with E-state index in [2.05, 4.69) is 77.5 Å².